The van der Waals surface area contributed by atoms with Gasteiger partial charge in [0, 0.05) is 53.4 Å². The van der Waals surface area contributed by atoms with Gasteiger partial charge in [0.15, 0.2) is 0 Å². The molecule has 28 heavy (non-hydrogen) atoms. The molecule has 2 aliphatic heterocycles. The molecule has 0 aromatic heterocycles. The number of hydrogen-bond acceptors (Lipinski definition) is 4. The summed E-state index contributed by atoms with van der Waals surface area (Å²) in [5.41, 5.74) is 4.00. The van der Waals surface area contributed by atoms with E-state index in [0.717, 1.165) is 70.3 Å². The lowest BCUT2D eigenvalue weighted by molar-refractivity contribution is 0.112. The van der Waals surface area contributed by atoms with E-state index in [4.69, 9.17) is 23.2 Å². The molecule has 0 spiro atoms. The van der Waals surface area contributed by atoms with Crippen LogP contribution in [-0.2, 0) is 0 Å². The minimum Gasteiger partial charge on any atom is -0.368 e. The van der Waals surface area contributed by atoms with Gasteiger partial charge in [-0.2, -0.15) is 0 Å². The van der Waals surface area contributed by atoms with Gasteiger partial charge in [-0.15, -0.1) is 0 Å². The fraction of sp³-hybridized carbons (Fsp3) is 0.650. The highest BCUT2D eigenvalue weighted by Gasteiger charge is 2.23. The van der Waals surface area contributed by atoms with Crippen molar-refractivity contribution in [2.45, 2.75) is 19.3 Å². The fourth-order valence-electron chi connectivity index (χ4n) is 3.88. The first-order valence-electron chi connectivity index (χ1n) is 10.1. The Labute approximate surface area is 178 Å². The zero-order valence-electron chi connectivity index (χ0n) is 16.8. The molecule has 6 nitrogen and oxygen atoms in total. The summed E-state index contributed by atoms with van der Waals surface area (Å²) in [6.45, 7) is 7.09. The maximum atomic E-state index is 11.7. The lowest BCUT2D eigenvalue weighted by Crippen LogP contribution is -2.50. The largest absolute Gasteiger partial charge is 0.368 e. The van der Waals surface area contributed by atoms with Gasteiger partial charge in [-0.05, 0) is 43.9 Å². The van der Waals surface area contributed by atoms with E-state index >= 15 is 0 Å². The molecule has 1 aromatic rings. The zero-order valence-corrected chi connectivity index (χ0v) is 18.3. The van der Waals surface area contributed by atoms with Crippen molar-refractivity contribution < 1.29 is 4.79 Å². The molecule has 0 atom stereocenters. The Morgan fingerprint density at radius 3 is 2.43 bits per heavy atom. The highest BCUT2D eigenvalue weighted by molar-refractivity contribution is 6.43. The molecule has 0 saturated carbocycles. The number of urea groups is 1. The number of carbonyl (C=O) groups is 1. The third-order valence-corrected chi connectivity index (χ3v) is 6.58. The van der Waals surface area contributed by atoms with Crippen molar-refractivity contribution in [3.05, 3.63) is 28.2 Å². The van der Waals surface area contributed by atoms with Crippen molar-refractivity contribution in [1.82, 2.24) is 20.2 Å². The Morgan fingerprint density at radius 2 is 1.79 bits per heavy atom. The summed E-state index contributed by atoms with van der Waals surface area (Å²) in [7, 11) is 3.53. The Balaban J connectivity index is 1.36. The molecule has 1 aromatic carbocycles. The van der Waals surface area contributed by atoms with E-state index in [2.05, 4.69) is 15.2 Å². The zero-order chi connectivity index (χ0) is 20.1. The summed E-state index contributed by atoms with van der Waals surface area (Å²) in [6, 6.07) is 5.80. The second kappa shape index (κ2) is 10.0. The Morgan fingerprint density at radius 1 is 1.11 bits per heavy atom. The standard InChI is InChI=1S/C20H31Cl2N5O/c1-24(2)20(28)23-27-10-7-16(8-11-27)6-9-25-12-14-26(15-13-25)18-5-3-4-17(21)19(18)22/h3-5,16H,6-15H2,1-2H3,(H,23,28). The van der Waals surface area contributed by atoms with E-state index in [1.807, 2.05) is 23.2 Å². The van der Waals surface area contributed by atoms with Gasteiger partial charge in [-0.1, -0.05) is 29.3 Å². The topological polar surface area (TPSA) is 42.1 Å². The second-order valence-corrected chi connectivity index (χ2v) is 8.72. The monoisotopic (exact) mass is 427 g/mol. The Hall–Kier alpha value is -1.21. The molecular weight excluding hydrogens is 397 g/mol. The van der Waals surface area contributed by atoms with Crippen LogP contribution in [0, 0.1) is 5.92 Å². The highest BCUT2D eigenvalue weighted by atomic mass is 35.5. The van der Waals surface area contributed by atoms with Crippen molar-refractivity contribution in [2.75, 3.05) is 64.8 Å². The number of anilines is 1. The van der Waals surface area contributed by atoms with E-state index in [-0.39, 0.29) is 6.03 Å². The summed E-state index contributed by atoms with van der Waals surface area (Å²) in [6.07, 6.45) is 3.52. The van der Waals surface area contributed by atoms with Crippen LogP contribution in [0.4, 0.5) is 10.5 Å². The number of hydrogen-bond donors (Lipinski definition) is 1. The SMILES string of the molecule is CN(C)C(=O)NN1CCC(CCN2CCN(c3cccc(Cl)c3Cl)CC2)CC1. The number of benzene rings is 1. The number of rotatable bonds is 5. The molecule has 8 heteroatoms. The predicted molar refractivity (Wildman–Crippen MR) is 116 cm³/mol. The Kier molecular flexibility index (Phi) is 7.69. The van der Waals surface area contributed by atoms with Gasteiger partial charge in [-0.3, -0.25) is 10.3 Å². The highest BCUT2D eigenvalue weighted by Crippen LogP contribution is 2.33. The van der Waals surface area contributed by atoms with Gasteiger partial charge in [0.05, 0.1) is 15.7 Å². The number of nitrogens with one attached hydrogen (secondary N) is 1. The van der Waals surface area contributed by atoms with Crippen LogP contribution in [0.2, 0.25) is 10.0 Å². The lowest BCUT2D eigenvalue weighted by Gasteiger charge is -2.38. The number of piperidine rings is 1. The molecule has 2 saturated heterocycles. The van der Waals surface area contributed by atoms with Gasteiger partial charge >= 0.3 is 6.03 Å². The number of hydrazine groups is 1. The van der Waals surface area contributed by atoms with E-state index in [1.54, 1.807) is 19.0 Å². The van der Waals surface area contributed by atoms with Crippen LogP contribution < -0.4 is 10.3 Å². The normalized spacial score (nSPS) is 19.6. The van der Waals surface area contributed by atoms with E-state index in [0.29, 0.717) is 10.0 Å². The average Bonchev–Trinajstić information content (AvgIpc) is 2.70. The third kappa shape index (κ3) is 5.66. The van der Waals surface area contributed by atoms with Crippen molar-refractivity contribution in [1.29, 1.82) is 0 Å². The van der Waals surface area contributed by atoms with Crippen molar-refractivity contribution in [3.8, 4) is 0 Å². The molecule has 0 aliphatic carbocycles. The smallest absolute Gasteiger partial charge is 0.331 e. The summed E-state index contributed by atoms with van der Waals surface area (Å²) >= 11 is 12.5. The van der Waals surface area contributed by atoms with Crippen LogP contribution in [-0.4, -0.2) is 80.7 Å². The summed E-state index contributed by atoms with van der Waals surface area (Å²) in [4.78, 5) is 18.2. The fourth-order valence-corrected chi connectivity index (χ4v) is 4.30. The first-order valence-corrected chi connectivity index (χ1v) is 10.8. The van der Waals surface area contributed by atoms with E-state index in [1.165, 1.54) is 6.42 Å². The number of halogens is 2. The number of piperazine rings is 1. The van der Waals surface area contributed by atoms with Gasteiger partial charge in [0.2, 0.25) is 0 Å². The van der Waals surface area contributed by atoms with Crippen LogP contribution in [0.5, 0.6) is 0 Å². The molecular formula is C20H31Cl2N5O. The summed E-state index contributed by atoms with van der Waals surface area (Å²) in [5.74, 6) is 0.743. The van der Waals surface area contributed by atoms with Gasteiger partial charge in [0.1, 0.15) is 0 Å². The minimum absolute atomic E-state index is 0.0453. The van der Waals surface area contributed by atoms with Gasteiger partial charge < -0.3 is 9.80 Å². The molecule has 2 aliphatic rings. The molecule has 3 rings (SSSR count). The average molecular weight is 428 g/mol. The summed E-state index contributed by atoms with van der Waals surface area (Å²) in [5, 5.41) is 3.33. The van der Waals surface area contributed by atoms with Crippen molar-refractivity contribution in [2.24, 2.45) is 5.92 Å². The lowest BCUT2D eigenvalue weighted by atomic mass is 9.94. The maximum Gasteiger partial charge on any atom is 0.331 e. The van der Waals surface area contributed by atoms with E-state index < -0.39 is 0 Å². The quantitative estimate of drug-likeness (QED) is 0.781. The molecule has 0 unspecified atom stereocenters. The van der Waals surface area contributed by atoms with Gasteiger partial charge in [0.25, 0.3) is 0 Å². The molecule has 2 heterocycles. The second-order valence-electron chi connectivity index (χ2n) is 7.93. The minimum atomic E-state index is -0.0453. The van der Waals surface area contributed by atoms with Gasteiger partial charge in [-0.25, -0.2) is 9.80 Å². The predicted octanol–water partition coefficient (Wildman–Crippen LogP) is 3.40. The number of carbonyl (C=O) groups excluding carboxylic acids is 1. The van der Waals surface area contributed by atoms with Crippen LogP contribution in [0.1, 0.15) is 19.3 Å². The van der Waals surface area contributed by atoms with Crippen molar-refractivity contribution in [3.63, 3.8) is 0 Å². The molecule has 0 radical (unpaired) electrons. The summed E-state index contributed by atoms with van der Waals surface area (Å²) < 4.78 is 0. The third-order valence-electron chi connectivity index (χ3n) is 5.77. The number of nitrogens with zero attached hydrogens (tertiary/aromatic N) is 4. The molecule has 156 valence electrons. The first kappa shape index (κ1) is 21.5. The molecule has 1 N–H and O–H groups in total. The van der Waals surface area contributed by atoms with Crippen molar-refractivity contribution >= 4 is 34.9 Å². The van der Waals surface area contributed by atoms with Crippen LogP contribution in [0.3, 0.4) is 0 Å². The van der Waals surface area contributed by atoms with Crippen LogP contribution >= 0.6 is 23.2 Å². The molecule has 0 bridgehead atoms. The van der Waals surface area contributed by atoms with E-state index in [9.17, 15) is 4.79 Å². The Bertz CT molecular complexity index is 656. The van der Waals surface area contributed by atoms with Crippen LogP contribution in [0.15, 0.2) is 18.2 Å². The molecule has 2 fully saturated rings. The maximum absolute atomic E-state index is 11.7. The number of amides is 2. The molecule has 2 amide bonds. The van der Waals surface area contributed by atoms with Crippen LogP contribution in [0.25, 0.3) is 0 Å². The first-order chi connectivity index (χ1) is 13.4.